The molecule has 0 aliphatic carbocycles. The van der Waals surface area contributed by atoms with Crippen LogP contribution in [-0.2, 0) is 0 Å². The monoisotopic (exact) mass is 777 g/mol. The Morgan fingerprint density at radius 3 is 0.869 bits per heavy atom. The van der Waals surface area contributed by atoms with Crippen molar-refractivity contribution >= 4 is 65.4 Å². The maximum Gasteiger partial charge on any atom is 0.140 e. The molecular weight excluding hydrogens is 747 g/mol. The molecule has 7 heteroatoms. The van der Waals surface area contributed by atoms with E-state index in [0.717, 1.165) is 105 Å². The summed E-state index contributed by atoms with van der Waals surface area (Å²) in [4.78, 5) is 9.32. The minimum atomic E-state index is 0.336. The maximum absolute atomic E-state index is 9.91. The second-order valence-electron chi connectivity index (χ2n) is 15.2. The summed E-state index contributed by atoms with van der Waals surface area (Å²) in [5, 5.41) is 26.6. The summed E-state index contributed by atoms with van der Waals surface area (Å²) in [6.45, 7) is 0. The topological polar surface area (TPSA) is 88.2 Å². The van der Waals surface area contributed by atoms with Crippen LogP contribution in [0.4, 0.5) is 0 Å². The quantitative estimate of drug-likeness (QED) is 0.174. The molecule has 282 valence electrons. The third-order valence-corrected chi connectivity index (χ3v) is 12.0. The fraction of sp³-hybridized carbons (Fsp3) is 0. The van der Waals surface area contributed by atoms with Gasteiger partial charge in [0, 0.05) is 67.0 Å². The van der Waals surface area contributed by atoms with Crippen molar-refractivity contribution < 1.29 is 0 Å². The van der Waals surface area contributed by atoms with Crippen molar-refractivity contribution in [2.75, 3.05) is 0 Å². The van der Waals surface area contributed by atoms with E-state index in [4.69, 9.17) is 0 Å². The number of para-hydroxylation sites is 6. The molecule has 0 amide bonds. The third kappa shape index (κ3) is 5.02. The molecule has 0 saturated heterocycles. The Balaban J connectivity index is 1.42. The van der Waals surface area contributed by atoms with Gasteiger partial charge < -0.3 is 13.7 Å². The van der Waals surface area contributed by atoms with Crippen LogP contribution in [0.3, 0.4) is 0 Å². The number of benzene rings is 7. The van der Waals surface area contributed by atoms with Gasteiger partial charge in [0.05, 0.1) is 50.2 Å². The fourth-order valence-corrected chi connectivity index (χ4v) is 9.48. The fourth-order valence-electron chi connectivity index (χ4n) is 9.48. The lowest BCUT2D eigenvalue weighted by atomic mass is 9.93. The van der Waals surface area contributed by atoms with Gasteiger partial charge in [-0.25, -0.2) is 9.97 Å². The first-order valence-electron chi connectivity index (χ1n) is 20.1. The van der Waals surface area contributed by atoms with E-state index < -0.39 is 0 Å². The van der Waals surface area contributed by atoms with Gasteiger partial charge in [0.2, 0.25) is 0 Å². The molecule has 0 saturated carbocycles. The largest absolute Gasteiger partial charge is 0.306 e. The van der Waals surface area contributed by atoms with Crippen molar-refractivity contribution in [2.45, 2.75) is 0 Å². The van der Waals surface area contributed by atoms with Crippen LogP contribution in [0.5, 0.6) is 0 Å². The van der Waals surface area contributed by atoms with E-state index in [2.05, 4.69) is 187 Å². The average Bonchev–Trinajstić information content (AvgIpc) is 3.97. The molecule has 0 spiro atoms. The average molecular weight is 778 g/mol. The van der Waals surface area contributed by atoms with Crippen LogP contribution in [0.25, 0.3) is 105 Å². The number of nitrogens with zero attached hydrogens (tertiary/aromatic N) is 7. The predicted molar refractivity (Wildman–Crippen MR) is 245 cm³/mol. The van der Waals surface area contributed by atoms with Crippen LogP contribution in [0.15, 0.2) is 188 Å². The number of hydrogen-bond acceptors (Lipinski definition) is 4. The molecule has 7 nitrogen and oxygen atoms in total. The number of rotatable bonds is 5. The molecule has 0 aliphatic rings. The standard InChI is InChI=1S/C54H31N7/c55-30-36-27-25-34(32-57-36)44-29-45(35-26-28-37(31-56)58-33-35)53(60-48-21-9-3-15-40(48)41-16-4-10-22-49(41)60)54(61-50-23-11-5-17-42(50)43-18-6-12-24-51(43)61)52(44)59-46-19-7-1-13-38(46)39-14-2-8-20-47(39)59/h1-29,32-33H. The zero-order valence-corrected chi connectivity index (χ0v) is 32.5. The minimum Gasteiger partial charge on any atom is -0.306 e. The Kier molecular flexibility index (Phi) is 7.52. The van der Waals surface area contributed by atoms with Crippen LogP contribution >= 0.6 is 0 Å². The second kappa shape index (κ2) is 13.4. The molecule has 12 aromatic rings. The van der Waals surface area contributed by atoms with Crippen LogP contribution < -0.4 is 0 Å². The number of pyridine rings is 2. The summed E-state index contributed by atoms with van der Waals surface area (Å²) in [6.07, 6.45) is 3.61. The lowest BCUT2D eigenvalue weighted by Crippen LogP contribution is -2.12. The van der Waals surface area contributed by atoms with E-state index in [-0.39, 0.29) is 0 Å². The Hall–Kier alpha value is -8.78. The van der Waals surface area contributed by atoms with Crippen molar-refractivity contribution in [1.82, 2.24) is 23.7 Å². The van der Waals surface area contributed by atoms with E-state index >= 15 is 0 Å². The lowest BCUT2D eigenvalue weighted by Gasteiger charge is -2.27. The third-order valence-electron chi connectivity index (χ3n) is 12.0. The van der Waals surface area contributed by atoms with Crippen LogP contribution in [-0.4, -0.2) is 23.7 Å². The minimum absolute atomic E-state index is 0.336. The highest BCUT2D eigenvalue weighted by Crippen LogP contribution is 2.49. The molecule has 5 aromatic heterocycles. The second-order valence-corrected chi connectivity index (χ2v) is 15.2. The van der Waals surface area contributed by atoms with Crippen molar-refractivity contribution in [3.8, 4) is 51.5 Å². The number of aromatic nitrogens is 5. The van der Waals surface area contributed by atoms with E-state index in [9.17, 15) is 10.5 Å². The Morgan fingerprint density at radius 1 is 0.328 bits per heavy atom. The number of fused-ring (bicyclic) bond motifs is 9. The van der Waals surface area contributed by atoms with E-state index in [0.29, 0.717) is 11.4 Å². The van der Waals surface area contributed by atoms with Crippen molar-refractivity contribution in [1.29, 1.82) is 10.5 Å². The first-order chi connectivity index (χ1) is 30.2. The normalized spacial score (nSPS) is 11.6. The molecule has 61 heavy (non-hydrogen) atoms. The highest BCUT2D eigenvalue weighted by atomic mass is 15.1. The highest BCUT2D eigenvalue weighted by Gasteiger charge is 2.30. The molecule has 0 unspecified atom stereocenters. The number of hydrogen-bond donors (Lipinski definition) is 0. The predicted octanol–water partition coefficient (Wildman–Crippen LogP) is 12.8. The van der Waals surface area contributed by atoms with Crippen molar-refractivity contribution in [3.63, 3.8) is 0 Å². The van der Waals surface area contributed by atoms with Gasteiger partial charge in [-0.15, -0.1) is 0 Å². The molecule has 0 bridgehead atoms. The molecule has 0 N–H and O–H groups in total. The van der Waals surface area contributed by atoms with E-state index in [1.165, 1.54) is 0 Å². The van der Waals surface area contributed by atoms with E-state index in [1.807, 2.05) is 24.5 Å². The van der Waals surface area contributed by atoms with Gasteiger partial charge >= 0.3 is 0 Å². The first-order valence-corrected chi connectivity index (χ1v) is 20.1. The number of nitriles is 2. The summed E-state index contributed by atoms with van der Waals surface area (Å²) in [5.41, 5.74) is 13.3. The van der Waals surface area contributed by atoms with Crippen LogP contribution in [0.1, 0.15) is 11.4 Å². The van der Waals surface area contributed by atoms with Gasteiger partial charge in [-0.1, -0.05) is 109 Å². The van der Waals surface area contributed by atoms with Gasteiger partial charge in [-0.05, 0) is 66.7 Å². The Labute approximate surface area is 349 Å². The zero-order valence-electron chi connectivity index (χ0n) is 32.5. The Bertz CT molecular complexity index is 3480. The SMILES string of the molecule is N#Cc1ccc(-c2cc(-c3ccc(C#N)nc3)c(-n3c4ccccc4c4ccccc43)c(-n3c4ccccc4c4ccccc43)c2-n2c3ccccc3c3ccccc32)cn1. The molecule has 0 fully saturated rings. The summed E-state index contributed by atoms with van der Waals surface area (Å²) < 4.78 is 7.26. The van der Waals surface area contributed by atoms with Crippen LogP contribution in [0.2, 0.25) is 0 Å². The highest BCUT2D eigenvalue weighted by molar-refractivity contribution is 6.15. The van der Waals surface area contributed by atoms with Gasteiger partial charge in [0.1, 0.15) is 23.5 Å². The Morgan fingerprint density at radius 2 is 0.607 bits per heavy atom. The molecule has 7 aromatic carbocycles. The molecule has 0 aliphatic heterocycles. The van der Waals surface area contributed by atoms with Crippen molar-refractivity contribution in [2.24, 2.45) is 0 Å². The molecular formula is C54H31N7. The molecule has 12 rings (SSSR count). The summed E-state index contributed by atoms with van der Waals surface area (Å²) in [6, 6.07) is 65.9. The summed E-state index contributed by atoms with van der Waals surface area (Å²) in [5.74, 6) is 0. The zero-order chi connectivity index (χ0) is 40.6. The first kappa shape index (κ1) is 34.3. The van der Waals surface area contributed by atoms with Crippen molar-refractivity contribution in [3.05, 3.63) is 200 Å². The molecule has 0 atom stereocenters. The lowest BCUT2D eigenvalue weighted by molar-refractivity contribution is 1.05. The molecule has 5 heterocycles. The van der Waals surface area contributed by atoms with E-state index in [1.54, 1.807) is 12.1 Å². The maximum atomic E-state index is 9.91. The van der Waals surface area contributed by atoms with Gasteiger partial charge in [-0.3, -0.25) is 0 Å². The summed E-state index contributed by atoms with van der Waals surface area (Å²) in [7, 11) is 0. The smallest absolute Gasteiger partial charge is 0.140 e. The van der Waals surface area contributed by atoms with Gasteiger partial charge in [0.25, 0.3) is 0 Å². The molecule has 0 radical (unpaired) electrons. The van der Waals surface area contributed by atoms with Gasteiger partial charge in [0.15, 0.2) is 0 Å². The van der Waals surface area contributed by atoms with Crippen LogP contribution in [0, 0.1) is 22.7 Å². The van der Waals surface area contributed by atoms with Gasteiger partial charge in [-0.2, -0.15) is 10.5 Å². The summed E-state index contributed by atoms with van der Waals surface area (Å²) >= 11 is 0.